The minimum atomic E-state index is -3.29. The average Bonchev–Trinajstić information content (AvgIpc) is 2.67. The summed E-state index contributed by atoms with van der Waals surface area (Å²) in [4.78, 5) is 29.3. The summed E-state index contributed by atoms with van der Waals surface area (Å²) in [5, 5.41) is 7.99. The highest BCUT2D eigenvalue weighted by Gasteiger charge is 2.20. The zero-order valence-electron chi connectivity index (χ0n) is 16.0. The van der Waals surface area contributed by atoms with Gasteiger partial charge in [-0.05, 0) is 43.0 Å². The third-order valence-corrected chi connectivity index (χ3v) is 6.16. The van der Waals surface area contributed by atoms with Gasteiger partial charge in [-0.25, -0.2) is 8.42 Å². The first-order chi connectivity index (χ1) is 13.2. The molecule has 8 nitrogen and oxygen atoms in total. The Kier molecular flexibility index (Phi) is 5.93. The lowest BCUT2D eigenvalue weighted by atomic mass is 9.99. The third-order valence-electron chi connectivity index (χ3n) is 5.03. The van der Waals surface area contributed by atoms with Crippen LogP contribution in [0.4, 0.5) is 0 Å². The number of hydrogen-bond acceptors (Lipinski definition) is 6. The molecule has 1 aromatic heterocycles. The van der Waals surface area contributed by atoms with Crippen LogP contribution in [0.5, 0.6) is 0 Å². The molecule has 1 aliphatic rings. The van der Waals surface area contributed by atoms with Crippen LogP contribution in [0.25, 0.3) is 11.4 Å². The Morgan fingerprint density at radius 2 is 1.82 bits per heavy atom. The number of piperidine rings is 1. The van der Waals surface area contributed by atoms with Crippen LogP contribution < -0.4 is 5.56 Å². The smallest absolute Gasteiger partial charge is 0.273 e. The van der Waals surface area contributed by atoms with Crippen molar-refractivity contribution in [2.45, 2.75) is 37.5 Å². The molecule has 28 heavy (non-hydrogen) atoms. The second-order valence-electron chi connectivity index (χ2n) is 7.31. The highest BCUT2D eigenvalue weighted by atomic mass is 32.2. The quantitative estimate of drug-likeness (QED) is 0.806. The van der Waals surface area contributed by atoms with E-state index in [4.69, 9.17) is 0 Å². The number of aromatic nitrogens is 3. The van der Waals surface area contributed by atoms with E-state index in [0.29, 0.717) is 11.5 Å². The lowest BCUT2D eigenvalue weighted by molar-refractivity contribution is -0.132. The van der Waals surface area contributed by atoms with Gasteiger partial charge < -0.3 is 9.88 Å². The van der Waals surface area contributed by atoms with E-state index in [1.165, 1.54) is 12.1 Å². The molecule has 0 atom stereocenters. The van der Waals surface area contributed by atoms with E-state index in [-0.39, 0.29) is 35.2 Å². The number of benzene rings is 1. The maximum absolute atomic E-state index is 12.3. The van der Waals surface area contributed by atoms with Gasteiger partial charge in [0, 0.05) is 37.8 Å². The molecule has 2 aromatic rings. The number of likely N-dealkylation sites (tertiary alicyclic amines) is 1. The molecular formula is C19H24N4O4S. The van der Waals surface area contributed by atoms with Gasteiger partial charge >= 0.3 is 0 Å². The van der Waals surface area contributed by atoms with Gasteiger partial charge in [0.25, 0.3) is 5.56 Å². The first kappa shape index (κ1) is 20.2. The fraction of sp³-hybridized carbons (Fsp3) is 0.474. The molecule has 3 rings (SSSR count). The number of carbonyl (C=O) groups is 1. The molecule has 9 heteroatoms. The molecule has 1 N–H and O–H groups in total. The Hall–Kier alpha value is -2.55. The summed E-state index contributed by atoms with van der Waals surface area (Å²) in [5.74, 6) is 0.940. The first-order valence-electron chi connectivity index (χ1n) is 9.28. The van der Waals surface area contributed by atoms with E-state index in [1.807, 2.05) is 4.90 Å². The summed E-state index contributed by atoms with van der Waals surface area (Å²) in [6.07, 6.45) is 3.62. The number of amides is 1. The Morgan fingerprint density at radius 1 is 1.18 bits per heavy atom. The van der Waals surface area contributed by atoms with Gasteiger partial charge in [0.2, 0.25) is 5.91 Å². The summed E-state index contributed by atoms with van der Waals surface area (Å²) in [7, 11) is -3.29. The van der Waals surface area contributed by atoms with Crippen molar-refractivity contribution in [3.8, 4) is 11.4 Å². The summed E-state index contributed by atoms with van der Waals surface area (Å²) in [6, 6.07) is 6.04. The van der Waals surface area contributed by atoms with Crippen LogP contribution in [0.1, 0.15) is 31.9 Å². The van der Waals surface area contributed by atoms with Crippen molar-refractivity contribution >= 4 is 15.7 Å². The van der Waals surface area contributed by atoms with Gasteiger partial charge in [-0.15, -0.1) is 10.2 Å². The number of nitrogens with zero attached hydrogens (tertiary/aromatic N) is 3. The van der Waals surface area contributed by atoms with Crippen molar-refractivity contribution in [1.29, 1.82) is 0 Å². The molecule has 1 aliphatic heterocycles. The molecule has 0 aliphatic carbocycles. The topological polar surface area (TPSA) is 113 Å². The first-order valence-corrected chi connectivity index (χ1v) is 11.2. The van der Waals surface area contributed by atoms with Crippen molar-refractivity contribution < 1.29 is 13.2 Å². The molecule has 150 valence electrons. The van der Waals surface area contributed by atoms with Crippen LogP contribution in [0, 0.1) is 5.92 Å². The zero-order valence-corrected chi connectivity index (χ0v) is 16.8. The predicted molar refractivity (Wildman–Crippen MR) is 104 cm³/mol. The number of hydrogen-bond donors (Lipinski definition) is 1. The van der Waals surface area contributed by atoms with Crippen LogP contribution in [-0.2, 0) is 21.1 Å². The largest absolute Gasteiger partial charge is 0.343 e. The maximum atomic E-state index is 12.3. The minimum absolute atomic E-state index is 0.0357. The van der Waals surface area contributed by atoms with Crippen molar-refractivity contribution in [2.75, 3.05) is 19.3 Å². The molecule has 0 spiro atoms. The SMILES string of the molecule is CC1CCN(C(=O)CCc2nnc(-c3ccc(S(C)(=O)=O)cc3)[nH]c2=O)CC1. The number of aryl methyl sites for hydroxylation is 1. The van der Waals surface area contributed by atoms with Gasteiger partial charge in [-0.2, -0.15) is 0 Å². The van der Waals surface area contributed by atoms with E-state index >= 15 is 0 Å². The molecule has 1 amide bonds. The van der Waals surface area contributed by atoms with Gasteiger partial charge in [-0.3, -0.25) is 9.59 Å². The van der Waals surface area contributed by atoms with Gasteiger partial charge in [-0.1, -0.05) is 6.92 Å². The van der Waals surface area contributed by atoms with Gasteiger partial charge in [0.05, 0.1) is 4.90 Å². The van der Waals surface area contributed by atoms with Crippen molar-refractivity contribution in [3.63, 3.8) is 0 Å². The predicted octanol–water partition coefficient (Wildman–Crippen LogP) is 1.43. The van der Waals surface area contributed by atoms with Crippen LogP contribution in [0.2, 0.25) is 0 Å². The summed E-state index contributed by atoms with van der Waals surface area (Å²) in [6.45, 7) is 3.72. The third kappa shape index (κ3) is 4.83. The number of rotatable bonds is 5. The van der Waals surface area contributed by atoms with Crippen LogP contribution in [-0.4, -0.2) is 53.8 Å². The minimum Gasteiger partial charge on any atom is -0.343 e. The van der Waals surface area contributed by atoms with Crippen molar-refractivity contribution in [2.24, 2.45) is 5.92 Å². The lowest BCUT2D eigenvalue weighted by Crippen LogP contribution is -2.38. The molecule has 0 saturated carbocycles. The van der Waals surface area contributed by atoms with Crippen LogP contribution >= 0.6 is 0 Å². The average molecular weight is 404 g/mol. The van der Waals surface area contributed by atoms with E-state index in [2.05, 4.69) is 22.1 Å². The monoisotopic (exact) mass is 404 g/mol. The highest BCUT2D eigenvalue weighted by molar-refractivity contribution is 7.90. The van der Waals surface area contributed by atoms with Gasteiger partial charge in [0.15, 0.2) is 15.7 Å². The molecule has 2 heterocycles. The van der Waals surface area contributed by atoms with Crippen molar-refractivity contribution in [1.82, 2.24) is 20.1 Å². The summed E-state index contributed by atoms with van der Waals surface area (Å²) < 4.78 is 23.0. The highest BCUT2D eigenvalue weighted by Crippen LogP contribution is 2.18. The van der Waals surface area contributed by atoms with Crippen LogP contribution in [0.3, 0.4) is 0 Å². The molecule has 0 bridgehead atoms. The molecule has 1 aromatic carbocycles. The number of H-pyrrole nitrogens is 1. The summed E-state index contributed by atoms with van der Waals surface area (Å²) >= 11 is 0. The maximum Gasteiger partial charge on any atom is 0.273 e. The molecular weight excluding hydrogens is 380 g/mol. The Morgan fingerprint density at radius 3 is 2.39 bits per heavy atom. The second kappa shape index (κ2) is 8.22. The number of sulfone groups is 1. The van der Waals surface area contributed by atoms with E-state index < -0.39 is 15.4 Å². The molecule has 0 unspecified atom stereocenters. The standard InChI is InChI=1S/C19H24N4O4S/c1-13-9-11-23(12-10-13)17(24)8-7-16-19(25)20-18(22-21-16)14-3-5-15(6-4-14)28(2,26)27/h3-6,13H,7-12H2,1-2H3,(H,20,22,25). The van der Waals surface area contributed by atoms with E-state index in [9.17, 15) is 18.0 Å². The number of aromatic amines is 1. The Labute approximate surface area is 163 Å². The fourth-order valence-corrected chi connectivity index (χ4v) is 3.79. The fourth-order valence-electron chi connectivity index (χ4n) is 3.16. The molecule has 0 radical (unpaired) electrons. The Balaban J connectivity index is 1.66. The zero-order chi connectivity index (χ0) is 20.3. The second-order valence-corrected chi connectivity index (χ2v) is 9.33. The van der Waals surface area contributed by atoms with Crippen molar-refractivity contribution in [3.05, 3.63) is 40.3 Å². The van der Waals surface area contributed by atoms with Gasteiger partial charge in [0.1, 0.15) is 5.69 Å². The molecule has 1 saturated heterocycles. The number of carbonyl (C=O) groups excluding carboxylic acids is 1. The normalized spacial score (nSPS) is 15.6. The summed E-state index contributed by atoms with van der Waals surface area (Å²) in [5.41, 5.74) is 0.384. The van der Waals surface area contributed by atoms with Crippen LogP contribution in [0.15, 0.2) is 34.0 Å². The molecule has 1 fully saturated rings. The lowest BCUT2D eigenvalue weighted by Gasteiger charge is -2.30. The van der Waals surface area contributed by atoms with E-state index in [0.717, 1.165) is 32.2 Å². The Bertz CT molecular complexity index is 1010. The number of nitrogens with one attached hydrogen (secondary N) is 1. The van der Waals surface area contributed by atoms with E-state index in [1.54, 1.807) is 12.1 Å².